The average molecular weight is 554 g/mol. The normalized spacial score (nSPS) is 16.7. The van der Waals surface area contributed by atoms with E-state index in [0.717, 1.165) is 53.0 Å². The Labute approximate surface area is 235 Å². The molecule has 216 valence electrons. The number of carbonyl (C=O) groups excluding carboxylic acids is 2. The smallest absolute Gasteiger partial charge is 0.419 e. The number of aromatic nitrogens is 1. The van der Waals surface area contributed by atoms with Gasteiger partial charge in [-0.05, 0) is 69.5 Å². The van der Waals surface area contributed by atoms with Gasteiger partial charge in [0.15, 0.2) is 0 Å². The highest BCUT2D eigenvalue weighted by Crippen LogP contribution is 2.36. The van der Waals surface area contributed by atoms with Crippen LogP contribution >= 0.6 is 0 Å². The first kappa shape index (κ1) is 29.6. The number of ether oxygens (including phenoxy) is 3. The first-order valence-electron chi connectivity index (χ1n) is 13.7. The molecule has 2 heterocycles. The van der Waals surface area contributed by atoms with E-state index >= 15 is 0 Å². The number of rotatable bonds is 8. The molecule has 0 amide bonds. The predicted molar refractivity (Wildman–Crippen MR) is 153 cm³/mol. The van der Waals surface area contributed by atoms with E-state index in [-0.39, 0.29) is 18.7 Å². The lowest BCUT2D eigenvalue weighted by atomic mass is 9.98. The first-order valence-corrected chi connectivity index (χ1v) is 13.7. The van der Waals surface area contributed by atoms with Crippen LogP contribution in [0.1, 0.15) is 60.3 Å². The molecule has 0 N–H and O–H groups in total. The van der Waals surface area contributed by atoms with Gasteiger partial charge in [0.2, 0.25) is 0 Å². The highest BCUT2D eigenvalue weighted by molar-refractivity contribution is 5.95. The lowest BCUT2D eigenvalue weighted by Gasteiger charge is -2.42. The van der Waals surface area contributed by atoms with Gasteiger partial charge in [-0.25, -0.2) is 9.59 Å². The van der Waals surface area contributed by atoms with Crippen molar-refractivity contribution in [3.05, 3.63) is 64.8 Å². The van der Waals surface area contributed by atoms with Gasteiger partial charge in [-0.1, -0.05) is 12.1 Å². The molecular weight excluding hydrogens is 513 g/mol. The lowest BCUT2D eigenvalue weighted by molar-refractivity contribution is 0.0542. The van der Waals surface area contributed by atoms with Gasteiger partial charge < -0.3 is 19.1 Å². The molecule has 2 aromatic carbocycles. The number of piperazine rings is 1. The van der Waals surface area contributed by atoms with Crippen molar-refractivity contribution in [1.82, 2.24) is 14.4 Å². The number of benzene rings is 2. The Morgan fingerprint density at radius 1 is 1.07 bits per heavy atom. The van der Waals surface area contributed by atoms with Crippen molar-refractivity contribution in [2.24, 2.45) is 0 Å². The number of nitrogens with zero attached hydrogens (tertiary/aromatic N) is 3. The molecule has 0 saturated carbocycles. The second kappa shape index (κ2) is 12.4. The number of methoxy groups -OCH3 is 2. The van der Waals surface area contributed by atoms with Gasteiger partial charge in [0.1, 0.15) is 11.4 Å². The fourth-order valence-electron chi connectivity index (χ4n) is 5.40. The quantitative estimate of drug-likeness (QED) is 0.329. The number of hydrogen-bond donors (Lipinski definition) is 0. The van der Waals surface area contributed by atoms with E-state index in [0.29, 0.717) is 25.1 Å². The van der Waals surface area contributed by atoms with E-state index in [1.165, 1.54) is 7.11 Å². The Kier molecular flexibility index (Phi) is 9.15. The van der Waals surface area contributed by atoms with Gasteiger partial charge in [0, 0.05) is 55.9 Å². The van der Waals surface area contributed by atoms with Crippen LogP contribution in [-0.4, -0.2) is 79.1 Å². The van der Waals surface area contributed by atoms with Crippen LogP contribution in [0.15, 0.2) is 42.6 Å². The molecule has 1 saturated heterocycles. The third-order valence-corrected chi connectivity index (χ3v) is 7.30. The van der Waals surface area contributed by atoms with Crippen LogP contribution in [-0.2, 0) is 16.0 Å². The summed E-state index contributed by atoms with van der Waals surface area (Å²) < 4.78 is 30.9. The molecule has 4 rings (SSSR count). The number of esters is 1. The van der Waals surface area contributed by atoms with E-state index in [1.807, 2.05) is 52.0 Å². The molecule has 1 aromatic heterocycles. The summed E-state index contributed by atoms with van der Waals surface area (Å²) in [5.41, 5.74) is 3.64. The summed E-state index contributed by atoms with van der Waals surface area (Å²) in [7, 11) is 3.03. The lowest BCUT2D eigenvalue weighted by Crippen LogP contribution is -2.48. The van der Waals surface area contributed by atoms with Gasteiger partial charge in [-0.3, -0.25) is 13.9 Å². The minimum Gasteiger partial charge on any atom is -0.496 e. The van der Waals surface area contributed by atoms with Gasteiger partial charge in [0.05, 0.1) is 32.0 Å². The molecule has 0 spiro atoms. The molecule has 8 nitrogen and oxygen atoms in total. The Morgan fingerprint density at radius 3 is 2.42 bits per heavy atom. The maximum Gasteiger partial charge on any atom is 0.419 e. The first-order chi connectivity index (χ1) is 19.1. The number of hydrogen-bond acceptors (Lipinski definition) is 7. The molecule has 3 aromatic rings. The standard InChI is InChI=1S/C31H40FN3O5/c1-21-18-27(38-5)25(24-12-15-35(28(21)24)30(37)40-31(2,3)4)19-34-17-16-33(14-7-13-32)20-26(34)22-8-10-23(11-9-22)29(36)39-6/h8-12,15,18,26H,7,13-14,16-17,19-20H2,1-6H3/t26-/m0/s1. The Morgan fingerprint density at radius 2 is 1.80 bits per heavy atom. The summed E-state index contributed by atoms with van der Waals surface area (Å²) in [5, 5.41) is 0.933. The predicted octanol–water partition coefficient (Wildman–Crippen LogP) is 5.75. The topological polar surface area (TPSA) is 73.2 Å². The van der Waals surface area contributed by atoms with E-state index in [4.69, 9.17) is 14.2 Å². The third kappa shape index (κ3) is 6.47. The molecule has 1 fully saturated rings. The minimum atomic E-state index is -0.616. The van der Waals surface area contributed by atoms with Crippen LogP contribution in [0, 0.1) is 6.92 Å². The van der Waals surface area contributed by atoms with Gasteiger partial charge >= 0.3 is 12.1 Å². The van der Waals surface area contributed by atoms with Crippen molar-refractivity contribution in [1.29, 1.82) is 0 Å². The van der Waals surface area contributed by atoms with Crippen LogP contribution < -0.4 is 4.74 Å². The zero-order valence-corrected chi connectivity index (χ0v) is 24.3. The van der Waals surface area contributed by atoms with E-state index in [1.54, 1.807) is 30.0 Å². The van der Waals surface area contributed by atoms with Crippen LogP contribution in [0.3, 0.4) is 0 Å². The SMILES string of the molecule is COC(=O)c1ccc([C@@H]2CN(CCCF)CCN2Cc2c(OC)cc(C)c3c2ccn3C(=O)OC(C)(C)C)cc1. The molecular formula is C31H40FN3O5. The number of carbonyl (C=O) groups is 2. The van der Waals surface area contributed by atoms with Crippen LogP contribution in [0.25, 0.3) is 10.9 Å². The molecule has 0 aliphatic carbocycles. The second-order valence-electron chi connectivity index (χ2n) is 11.2. The van der Waals surface area contributed by atoms with Gasteiger partial charge in [-0.2, -0.15) is 0 Å². The summed E-state index contributed by atoms with van der Waals surface area (Å²) in [6.07, 6.45) is 1.83. The molecule has 0 radical (unpaired) electrons. The van der Waals surface area contributed by atoms with E-state index < -0.39 is 11.7 Å². The second-order valence-corrected chi connectivity index (χ2v) is 11.2. The molecule has 0 unspecified atom stereocenters. The van der Waals surface area contributed by atoms with Crippen molar-refractivity contribution >= 4 is 23.0 Å². The number of alkyl halides is 1. The van der Waals surface area contributed by atoms with E-state index in [2.05, 4.69) is 9.80 Å². The molecule has 1 aliphatic rings. The summed E-state index contributed by atoms with van der Waals surface area (Å²) in [4.78, 5) is 29.7. The summed E-state index contributed by atoms with van der Waals surface area (Å²) in [6, 6.07) is 11.4. The van der Waals surface area contributed by atoms with E-state index in [9.17, 15) is 14.0 Å². The summed E-state index contributed by atoms with van der Waals surface area (Å²) >= 11 is 0. The van der Waals surface area contributed by atoms with Crippen molar-refractivity contribution in [3.8, 4) is 5.75 Å². The molecule has 1 atom stereocenters. The van der Waals surface area contributed by atoms with Crippen LogP contribution in [0.4, 0.5) is 9.18 Å². The number of fused-ring (bicyclic) bond motifs is 1. The Bertz CT molecular complexity index is 1350. The van der Waals surface area contributed by atoms with Gasteiger partial charge in [-0.15, -0.1) is 0 Å². The highest BCUT2D eigenvalue weighted by Gasteiger charge is 2.30. The fourth-order valence-corrected chi connectivity index (χ4v) is 5.40. The maximum absolute atomic E-state index is 13.0. The maximum atomic E-state index is 13.0. The monoisotopic (exact) mass is 553 g/mol. The summed E-state index contributed by atoms with van der Waals surface area (Å²) in [6.45, 7) is 10.8. The number of halogens is 1. The van der Waals surface area contributed by atoms with Crippen LogP contribution in [0.5, 0.6) is 5.75 Å². The third-order valence-electron chi connectivity index (χ3n) is 7.30. The van der Waals surface area contributed by atoms with Crippen molar-refractivity contribution in [2.45, 2.75) is 52.3 Å². The van der Waals surface area contributed by atoms with Gasteiger partial charge in [0.25, 0.3) is 0 Å². The van der Waals surface area contributed by atoms with Crippen molar-refractivity contribution < 1.29 is 28.2 Å². The minimum absolute atomic E-state index is 0.00839. The highest BCUT2D eigenvalue weighted by atomic mass is 19.1. The Hall–Kier alpha value is -3.43. The zero-order chi connectivity index (χ0) is 29.0. The number of aryl methyl sites for hydroxylation is 1. The molecule has 9 heteroatoms. The Balaban J connectivity index is 1.71. The fraction of sp³-hybridized carbons (Fsp3) is 0.484. The molecule has 40 heavy (non-hydrogen) atoms. The largest absolute Gasteiger partial charge is 0.496 e. The van der Waals surface area contributed by atoms with Crippen LogP contribution in [0.2, 0.25) is 0 Å². The molecule has 1 aliphatic heterocycles. The zero-order valence-electron chi connectivity index (χ0n) is 24.3. The van der Waals surface area contributed by atoms with Crippen molar-refractivity contribution in [3.63, 3.8) is 0 Å². The molecule has 0 bridgehead atoms. The van der Waals surface area contributed by atoms with Crippen molar-refractivity contribution in [2.75, 3.05) is 47.1 Å². The average Bonchev–Trinajstić information content (AvgIpc) is 3.39. The summed E-state index contributed by atoms with van der Waals surface area (Å²) in [5.74, 6) is 0.379.